The number of hydrogen-bond donors (Lipinski definition) is 1. The van der Waals surface area contributed by atoms with E-state index in [2.05, 4.69) is 26.2 Å². The van der Waals surface area contributed by atoms with Crippen molar-refractivity contribution in [3.05, 3.63) is 18.3 Å². The Morgan fingerprint density at radius 1 is 1.41 bits per heavy atom. The monoisotopic (exact) mass is 299 g/mol. The van der Waals surface area contributed by atoms with Gasteiger partial charge in [-0.1, -0.05) is 29.8 Å². The maximum absolute atomic E-state index is 11.8. The Kier molecular flexibility index (Phi) is 4.93. The minimum atomic E-state index is -0.184. The normalized spacial score (nSPS) is 12.4. The standard InChI is InChI=1S/C12H18BrN3O/c1-8(2)11(13)12(17)15-9-5-6-10(14-7-9)16(3)4/h5-8,11H,1-4H3,(H,15,17). The zero-order valence-electron chi connectivity index (χ0n) is 10.6. The van der Waals surface area contributed by atoms with Crippen LogP contribution in [0.2, 0.25) is 0 Å². The van der Waals surface area contributed by atoms with Crippen LogP contribution in [-0.4, -0.2) is 29.8 Å². The van der Waals surface area contributed by atoms with Gasteiger partial charge in [0.1, 0.15) is 5.82 Å². The molecule has 1 unspecified atom stereocenters. The summed E-state index contributed by atoms with van der Waals surface area (Å²) in [5.41, 5.74) is 0.714. The van der Waals surface area contributed by atoms with Crippen LogP contribution < -0.4 is 10.2 Å². The molecule has 1 aromatic heterocycles. The fraction of sp³-hybridized carbons (Fsp3) is 0.500. The number of nitrogens with zero attached hydrogens (tertiary/aromatic N) is 2. The van der Waals surface area contributed by atoms with Crippen LogP contribution in [0.25, 0.3) is 0 Å². The highest BCUT2D eigenvalue weighted by molar-refractivity contribution is 9.10. The van der Waals surface area contributed by atoms with Crippen molar-refractivity contribution < 1.29 is 4.79 Å². The molecular formula is C12H18BrN3O. The third-order valence-corrected chi connectivity index (χ3v) is 3.78. The minimum Gasteiger partial charge on any atom is -0.363 e. The van der Waals surface area contributed by atoms with Crippen LogP contribution in [0.5, 0.6) is 0 Å². The molecule has 0 radical (unpaired) electrons. The first-order valence-electron chi connectivity index (χ1n) is 5.50. The van der Waals surface area contributed by atoms with Crippen LogP contribution in [0, 0.1) is 5.92 Å². The van der Waals surface area contributed by atoms with Crippen LogP contribution in [0.15, 0.2) is 18.3 Å². The number of alkyl halides is 1. The topological polar surface area (TPSA) is 45.2 Å². The molecule has 4 nitrogen and oxygen atoms in total. The average Bonchev–Trinajstić information content (AvgIpc) is 2.28. The van der Waals surface area contributed by atoms with Crippen molar-refractivity contribution in [2.75, 3.05) is 24.3 Å². The Hall–Kier alpha value is -1.10. The molecule has 1 aromatic rings. The van der Waals surface area contributed by atoms with Gasteiger partial charge in [-0.3, -0.25) is 4.79 Å². The highest BCUT2D eigenvalue weighted by Gasteiger charge is 2.18. The maximum atomic E-state index is 11.8. The quantitative estimate of drug-likeness (QED) is 0.869. The van der Waals surface area contributed by atoms with Crippen molar-refractivity contribution in [2.45, 2.75) is 18.7 Å². The predicted molar refractivity (Wildman–Crippen MR) is 74.7 cm³/mol. The van der Waals surface area contributed by atoms with E-state index in [1.165, 1.54) is 0 Å². The van der Waals surface area contributed by atoms with Crippen molar-refractivity contribution in [1.29, 1.82) is 0 Å². The third kappa shape index (κ3) is 4.00. The van der Waals surface area contributed by atoms with Crippen molar-refractivity contribution in [3.63, 3.8) is 0 Å². The first-order chi connectivity index (χ1) is 7.91. The lowest BCUT2D eigenvalue weighted by Gasteiger charge is -2.15. The van der Waals surface area contributed by atoms with E-state index in [0.29, 0.717) is 5.69 Å². The summed E-state index contributed by atoms with van der Waals surface area (Å²) in [7, 11) is 3.85. The molecule has 0 saturated heterocycles. The van der Waals surface area contributed by atoms with Crippen molar-refractivity contribution in [1.82, 2.24) is 4.98 Å². The van der Waals surface area contributed by atoms with Gasteiger partial charge in [-0.25, -0.2) is 4.98 Å². The lowest BCUT2D eigenvalue weighted by Crippen LogP contribution is -2.27. The van der Waals surface area contributed by atoms with Gasteiger partial charge >= 0.3 is 0 Å². The summed E-state index contributed by atoms with van der Waals surface area (Å²) < 4.78 is 0. The number of carbonyl (C=O) groups is 1. The molecule has 1 amide bonds. The molecule has 0 spiro atoms. The first kappa shape index (κ1) is 14.0. The summed E-state index contributed by atoms with van der Waals surface area (Å²) in [5, 5.41) is 2.82. The largest absolute Gasteiger partial charge is 0.363 e. The number of hydrogen-bond acceptors (Lipinski definition) is 3. The summed E-state index contributed by atoms with van der Waals surface area (Å²) in [4.78, 5) is 17.7. The van der Waals surface area contributed by atoms with E-state index in [0.717, 1.165) is 5.82 Å². The Bertz CT molecular complexity index is 376. The molecule has 1 heterocycles. The fourth-order valence-corrected chi connectivity index (χ4v) is 1.35. The van der Waals surface area contributed by atoms with E-state index in [-0.39, 0.29) is 16.7 Å². The van der Waals surface area contributed by atoms with Gasteiger partial charge in [0.05, 0.1) is 16.7 Å². The van der Waals surface area contributed by atoms with E-state index < -0.39 is 0 Å². The zero-order valence-corrected chi connectivity index (χ0v) is 12.2. The lowest BCUT2D eigenvalue weighted by atomic mass is 10.1. The molecule has 0 aromatic carbocycles. The molecule has 0 aliphatic heterocycles. The number of anilines is 2. The van der Waals surface area contributed by atoms with Gasteiger partial charge in [0.2, 0.25) is 5.91 Å². The van der Waals surface area contributed by atoms with Crippen LogP contribution in [0.3, 0.4) is 0 Å². The molecule has 0 fully saturated rings. The van der Waals surface area contributed by atoms with E-state index in [1.54, 1.807) is 6.20 Å². The number of halogens is 1. The van der Waals surface area contributed by atoms with Crippen LogP contribution in [0.4, 0.5) is 11.5 Å². The molecule has 0 saturated carbocycles. The number of rotatable bonds is 4. The number of aromatic nitrogens is 1. The van der Waals surface area contributed by atoms with Gasteiger partial charge in [-0.2, -0.15) is 0 Å². The summed E-state index contributed by atoms with van der Waals surface area (Å²) in [6, 6.07) is 3.72. The van der Waals surface area contributed by atoms with E-state index in [4.69, 9.17) is 0 Å². The zero-order chi connectivity index (χ0) is 13.0. The molecule has 0 aliphatic carbocycles. The Labute approximate surface area is 111 Å². The Morgan fingerprint density at radius 2 is 2.06 bits per heavy atom. The molecule has 0 aliphatic rings. The van der Waals surface area contributed by atoms with E-state index >= 15 is 0 Å². The molecule has 0 bridgehead atoms. The van der Waals surface area contributed by atoms with Crippen molar-refractivity contribution >= 4 is 33.3 Å². The minimum absolute atomic E-state index is 0.0422. The molecule has 1 atom stereocenters. The molecule has 1 N–H and O–H groups in total. The number of nitrogens with one attached hydrogen (secondary N) is 1. The summed E-state index contributed by atoms with van der Waals surface area (Å²) in [5.74, 6) is 1.07. The first-order valence-corrected chi connectivity index (χ1v) is 6.41. The van der Waals surface area contributed by atoms with Crippen LogP contribution >= 0.6 is 15.9 Å². The van der Waals surface area contributed by atoms with Crippen molar-refractivity contribution in [3.8, 4) is 0 Å². The smallest absolute Gasteiger partial charge is 0.238 e. The number of carbonyl (C=O) groups excluding carboxylic acids is 1. The Balaban J connectivity index is 2.66. The molecular weight excluding hydrogens is 282 g/mol. The highest BCUT2D eigenvalue weighted by atomic mass is 79.9. The van der Waals surface area contributed by atoms with Gasteiger partial charge in [0.15, 0.2) is 0 Å². The fourth-order valence-electron chi connectivity index (χ4n) is 1.24. The SMILES string of the molecule is CC(C)C(Br)C(=O)Nc1ccc(N(C)C)nc1. The van der Waals surface area contributed by atoms with Crippen LogP contribution in [0.1, 0.15) is 13.8 Å². The van der Waals surface area contributed by atoms with Gasteiger partial charge in [0, 0.05) is 14.1 Å². The van der Waals surface area contributed by atoms with Gasteiger partial charge in [-0.15, -0.1) is 0 Å². The number of pyridine rings is 1. The van der Waals surface area contributed by atoms with E-state index in [9.17, 15) is 4.79 Å². The highest BCUT2D eigenvalue weighted by Crippen LogP contribution is 2.16. The maximum Gasteiger partial charge on any atom is 0.238 e. The van der Waals surface area contributed by atoms with Gasteiger partial charge < -0.3 is 10.2 Å². The summed E-state index contributed by atoms with van der Waals surface area (Å²) >= 11 is 3.36. The number of amides is 1. The lowest BCUT2D eigenvalue weighted by molar-refractivity contribution is -0.116. The molecule has 1 rings (SSSR count). The van der Waals surface area contributed by atoms with Gasteiger partial charge in [0.25, 0.3) is 0 Å². The van der Waals surface area contributed by atoms with E-state index in [1.807, 2.05) is 45.0 Å². The van der Waals surface area contributed by atoms with Crippen LogP contribution in [-0.2, 0) is 4.79 Å². The molecule has 17 heavy (non-hydrogen) atoms. The molecule has 5 heteroatoms. The summed E-state index contributed by atoms with van der Waals surface area (Å²) in [6.07, 6.45) is 1.66. The second kappa shape index (κ2) is 6.00. The average molecular weight is 300 g/mol. The van der Waals surface area contributed by atoms with Crippen molar-refractivity contribution in [2.24, 2.45) is 5.92 Å². The predicted octanol–water partition coefficient (Wildman–Crippen LogP) is 2.51. The Morgan fingerprint density at radius 3 is 2.47 bits per heavy atom. The van der Waals surface area contributed by atoms with Gasteiger partial charge in [-0.05, 0) is 18.1 Å². The third-order valence-electron chi connectivity index (χ3n) is 2.31. The second-order valence-corrected chi connectivity index (χ2v) is 5.42. The summed E-state index contributed by atoms with van der Waals surface area (Å²) in [6.45, 7) is 3.98. The molecule has 94 valence electrons. The second-order valence-electron chi connectivity index (χ2n) is 4.43.